The molecule has 0 aliphatic carbocycles. The lowest BCUT2D eigenvalue weighted by atomic mass is 9.91. The van der Waals surface area contributed by atoms with E-state index in [9.17, 15) is 14.7 Å². The molecular weight excluding hydrogens is 414 g/mol. The molecule has 1 aromatic heterocycles. The van der Waals surface area contributed by atoms with E-state index in [0.29, 0.717) is 58.7 Å². The van der Waals surface area contributed by atoms with Crippen molar-refractivity contribution in [2.45, 2.75) is 31.4 Å². The van der Waals surface area contributed by atoms with Gasteiger partial charge >= 0.3 is 0 Å². The minimum Gasteiger partial charge on any atom is -0.497 e. The number of ether oxygens (including phenoxy) is 2. The Hall–Kier alpha value is -2.98. The van der Waals surface area contributed by atoms with Crippen molar-refractivity contribution in [1.29, 1.82) is 0 Å². The molecule has 0 radical (unpaired) electrons. The fourth-order valence-corrected chi connectivity index (χ4v) is 4.10. The first-order valence-corrected chi connectivity index (χ1v) is 10.9. The molecule has 4 rings (SSSR count). The Kier molecular flexibility index (Phi) is 6.71. The Labute approximate surface area is 186 Å². The monoisotopic (exact) mass is 443 g/mol. The number of aliphatic hydroxyl groups is 1. The number of carbonyl (C=O) groups excluding carboxylic acids is 2. The van der Waals surface area contributed by atoms with E-state index in [1.54, 1.807) is 23.1 Å². The predicted molar refractivity (Wildman–Crippen MR) is 114 cm³/mol. The molecule has 0 saturated carbocycles. The van der Waals surface area contributed by atoms with Gasteiger partial charge in [-0.25, -0.2) is 4.68 Å². The summed E-state index contributed by atoms with van der Waals surface area (Å²) in [7, 11) is 1.60. The van der Waals surface area contributed by atoms with Crippen LogP contribution in [0.3, 0.4) is 0 Å². The average molecular weight is 444 g/mol. The maximum absolute atomic E-state index is 12.7. The summed E-state index contributed by atoms with van der Waals surface area (Å²) in [4.78, 5) is 28.7. The fourth-order valence-electron chi connectivity index (χ4n) is 4.10. The number of methoxy groups -OCH3 is 1. The Bertz CT molecular complexity index is 948. The Morgan fingerprint density at radius 2 is 1.91 bits per heavy atom. The molecule has 1 N–H and O–H groups in total. The number of benzene rings is 1. The molecule has 3 heterocycles. The lowest BCUT2D eigenvalue weighted by Gasteiger charge is -2.38. The van der Waals surface area contributed by atoms with Crippen molar-refractivity contribution < 1.29 is 24.2 Å². The Balaban J connectivity index is 1.30. The van der Waals surface area contributed by atoms with Gasteiger partial charge in [0.1, 0.15) is 5.75 Å². The van der Waals surface area contributed by atoms with Gasteiger partial charge in [-0.3, -0.25) is 9.59 Å². The molecule has 2 saturated heterocycles. The van der Waals surface area contributed by atoms with Crippen LogP contribution in [0, 0.1) is 0 Å². The van der Waals surface area contributed by atoms with Gasteiger partial charge in [-0.15, -0.1) is 5.10 Å². The van der Waals surface area contributed by atoms with Gasteiger partial charge < -0.3 is 24.4 Å². The molecule has 2 fully saturated rings. The van der Waals surface area contributed by atoms with Crippen molar-refractivity contribution in [3.63, 3.8) is 0 Å². The third-order valence-corrected chi connectivity index (χ3v) is 6.05. The van der Waals surface area contributed by atoms with Crippen molar-refractivity contribution in [2.24, 2.45) is 0 Å². The first-order valence-electron chi connectivity index (χ1n) is 10.9. The largest absolute Gasteiger partial charge is 0.497 e. The number of piperidine rings is 1. The standard InChI is InChI=1S/C22H29N5O5/c1-31-18-4-2-3-17(13-18)14-20(28)25-7-5-22(30,6-8-25)16-27-15-19(23-24-27)21(29)26-9-11-32-12-10-26/h2-4,13,15,30H,5-12,14,16H2,1H3. The third kappa shape index (κ3) is 5.25. The van der Waals surface area contributed by atoms with E-state index < -0.39 is 5.60 Å². The zero-order valence-electron chi connectivity index (χ0n) is 18.3. The van der Waals surface area contributed by atoms with E-state index in [0.717, 1.165) is 11.3 Å². The zero-order chi connectivity index (χ0) is 22.6. The van der Waals surface area contributed by atoms with Crippen LogP contribution in [-0.2, 0) is 22.5 Å². The van der Waals surface area contributed by atoms with Crippen LogP contribution >= 0.6 is 0 Å². The van der Waals surface area contributed by atoms with Gasteiger partial charge in [0.2, 0.25) is 5.91 Å². The predicted octanol–water partition coefficient (Wildman–Crippen LogP) is 0.355. The molecule has 2 aromatic rings. The SMILES string of the molecule is COc1cccc(CC(=O)N2CCC(O)(Cn3cc(C(=O)N4CCOCC4)nn3)CC2)c1. The maximum atomic E-state index is 12.7. The van der Waals surface area contributed by atoms with Gasteiger partial charge in [-0.05, 0) is 30.5 Å². The number of nitrogens with zero attached hydrogens (tertiary/aromatic N) is 5. The first kappa shape index (κ1) is 22.2. The molecular formula is C22H29N5O5. The minimum atomic E-state index is -1.00. The summed E-state index contributed by atoms with van der Waals surface area (Å²) >= 11 is 0. The van der Waals surface area contributed by atoms with E-state index in [1.165, 1.54) is 4.68 Å². The van der Waals surface area contributed by atoms with Gasteiger partial charge in [0.05, 0.1) is 45.1 Å². The molecule has 32 heavy (non-hydrogen) atoms. The highest BCUT2D eigenvalue weighted by Crippen LogP contribution is 2.25. The summed E-state index contributed by atoms with van der Waals surface area (Å²) in [6.07, 6.45) is 2.74. The molecule has 0 spiro atoms. The van der Waals surface area contributed by atoms with E-state index in [4.69, 9.17) is 9.47 Å². The van der Waals surface area contributed by atoms with E-state index >= 15 is 0 Å². The van der Waals surface area contributed by atoms with Crippen molar-refractivity contribution in [3.05, 3.63) is 41.7 Å². The second-order valence-electron chi connectivity index (χ2n) is 8.34. The average Bonchev–Trinajstić information content (AvgIpc) is 3.27. The molecule has 10 nitrogen and oxygen atoms in total. The molecule has 2 amide bonds. The summed E-state index contributed by atoms with van der Waals surface area (Å²) in [6, 6.07) is 7.48. The van der Waals surface area contributed by atoms with Crippen LogP contribution in [0.1, 0.15) is 28.9 Å². The first-order chi connectivity index (χ1) is 15.5. The number of rotatable bonds is 6. The lowest BCUT2D eigenvalue weighted by Crippen LogP contribution is -2.49. The van der Waals surface area contributed by atoms with Crippen molar-refractivity contribution >= 4 is 11.8 Å². The van der Waals surface area contributed by atoms with Gasteiger partial charge in [0, 0.05) is 26.2 Å². The second kappa shape index (κ2) is 9.66. The zero-order valence-corrected chi connectivity index (χ0v) is 18.3. The summed E-state index contributed by atoms with van der Waals surface area (Å²) in [5, 5.41) is 19.0. The summed E-state index contributed by atoms with van der Waals surface area (Å²) in [5.41, 5.74) is 0.163. The summed E-state index contributed by atoms with van der Waals surface area (Å²) in [6.45, 7) is 3.28. The minimum absolute atomic E-state index is 0.0273. The van der Waals surface area contributed by atoms with Gasteiger partial charge in [0.15, 0.2) is 5.69 Å². The smallest absolute Gasteiger partial charge is 0.276 e. The van der Waals surface area contributed by atoms with Gasteiger partial charge in [-0.2, -0.15) is 0 Å². The van der Waals surface area contributed by atoms with Crippen LogP contribution < -0.4 is 4.74 Å². The van der Waals surface area contributed by atoms with Crippen molar-refractivity contribution in [1.82, 2.24) is 24.8 Å². The highest BCUT2D eigenvalue weighted by molar-refractivity contribution is 5.92. The molecule has 0 bridgehead atoms. The number of likely N-dealkylation sites (tertiary alicyclic amines) is 1. The number of hydrogen-bond donors (Lipinski definition) is 1. The van der Waals surface area contributed by atoms with E-state index in [1.807, 2.05) is 24.3 Å². The molecule has 10 heteroatoms. The third-order valence-electron chi connectivity index (χ3n) is 6.05. The number of carbonyl (C=O) groups is 2. The highest BCUT2D eigenvalue weighted by Gasteiger charge is 2.35. The number of amides is 2. The van der Waals surface area contributed by atoms with Crippen molar-refractivity contribution in [3.8, 4) is 5.75 Å². The normalized spacial score (nSPS) is 18.4. The molecule has 2 aliphatic rings. The van der Waals surface area contributed by atoms with Crippen LogP contribution in [0.15, 0.2) is 30.5 Å². The van der Waals surface area contributed by atoms with Crippen LogP contribution in [-0.4, -0.2) is 93.8 Å². The summed E-state index contributed by atoms with van der Waals surface area (Å²) in [5.74, 6) is 0.576. The lowest BCUT2D eigenvalue weighted by molar-refractivity contribution is -0.135. The molecule has 172 valence electrons. The molecule has 0 atom stereocenters. The van der Waals surface area contributed by atoms with Crippen LogP contribution in [0.25, 0.3) is 0 Å². The van der Waals surface area contributed by atoms with E-state index in [-0.39, 0.29) is 24.1 Å². The van der Waals surface area contributed by atoms with Crippen LogP contribution in [0.4, 0.5) is 0 Å². The Morgan fingerprint density at radius 3 is 2.62 bits per heavy atom. The van der Waals surface area contributed by atoms with Crippen molar-refractivity contribution in [2.75, 3.05) is 46.5 Å². The van der Waals surface area contributed by atoms with Gasteiger partial charge in [0.25, 0.3) is 5.91 Å². The summed E-state index contributed by atoms with van der Waals surface area (Å²) < 4.78 is 12.0. The van der Waals surface area contributed by atoms with Crippen LogP contribution in [0.2, 0.25) is 0 Å². The van der Waals surface area contributed by atoms with E-state index in [2.05, 4.69) is 10.3 Å². The quantitative estimate of drug-likeness (QED) is 0.686. The highest BCUT2D eigenvalue weighted by atomic mass is 16.5. The Morgan fingerprint density at radius 1 is 1.16 bits per heavy atom. The number of morpholine rings is 1. The maximum Gasteiger partial charge on any atom is 0.276 e. The fraction of sp³-hybridized carbons (Fsp3) is 0.545. The second-order valence-corrected chi connectivity index (χ2v) is 8.34. The molecule has 1 aromatic carbocycles. The number of hydrogen-bond acceptors (Lipinski definition) is 7. The van der Waals surface area contributed by atoms with Gasteiger partial charge in [-0.1, -0.05) is 17.3 Å². The number of aromatic nitrogens is 3. The topological polar surface area (TPSA) is 110 Å². The van der Waals surface area contributed by atoms with Crippen LogP contribution in [0.5, 0.6) is 5.75 Å². The molecule has 2 aliphatic heterocycles. The molecule has 0 unspecified atom stereocenters.